The Morgan fingerprint density at radius 2 is 1.71 bits per heavy atom. The number of hydrogen-bond donors (Lipinski definition) is 1. The van der Waals surface area contributed by atoms with Gasteiger partial charge in [0.1, 0.15) is 11.7 Å². The van der Waals surface area contributed by atoms with Gasteiger partial charge in [-0.15, -0.1) is 0 Å². The maximum atomic E-state index is 12.6. The lowest BCUT2D eigenvalue weighted by Crippen LogP contribution is -2.34. The third kappa shape index (κ3) is 5.24. The molecule has 100 valence electrons. The van der Waals surface area contributed by atoms with E-state index in [1.807, 2.05) is 0 Å². The molecule has 0 saturated heterocycles. The van der Waals surface area contributed by atoms with Crippen molar-refractivity contribution >= 4 is 11.7 Å². The van der Waals surface area contributed by atoms with Gasteiger partial charge < -0.3 is 5.73 Å². The molecule has 0 aromatic carbocycles. The molecule has 1 amide bonds. The third-order valence-corrected chi connectivity index (χ3v) is 2.88. The maximum Gasteiger partial charge on any atom is 0.250 e. The van der Waals surface area contributed by atoms with E-state index in [2.05, 4.69) is 0 Å². The van der Waals surface area contributed by atoms with Crippen LogP contribution < -0.4 is 5.73 Å². The minimum absolute atomic E-state index is 0.00170. The summed E-state index contributed by atoms with van der Waals surface area (Å²) in [6.45, 7) is 6.85. The van der Waals surface area contributed by atoms with Crippen LogP contribution in [0.3, 0.4) is 0 Å². The van der Waals surface area contributed by atoms with Gasteiger partial charge in [0.25, 0.3) is 0 Å². The molecule has 0 aliphatic heterocycles. The number of alkyl halides is 2. The molecular weight excluding hydrogens is 228 g/mol. The molecule has 0 aromatic rings. The lowest BCUT2D eigenvalue weighted by Gasteiger charge is -2.22. The quantitative estimate of drug-likeness (QED) is 0.785. The van der Waals surface area contributed by atoms with Gasteiger partial charge in [-0.1, -0.05) is 27.7 Å². The first-order valence-electron chi connectivity index (χ1n) is 5.68. The standard InChI is InChI=1S/C12H21F2NO2/c1-7(9(10(13)14)11(15)17)5-6-8(16)12(2,3)4/h7,9-10H,5-6H2,1-4H3,(H2,15,17). The first kappa shape index (κ1) is 16.0. The fourth-order valence-corrected chi connectivity index (χ4v) is 1.57. The van der Waals surface area contributed by atoms with Gasteiger partial charge in [-0.25, -0.2) is 8.78 Å². The van der Waals surface area contributed by atoms with Crippen molar-refractivity contribution in [3.63, 3.8) is 0 Å². The van der Waals surface area contributed by atoms with Gasteiger partial charge in [0.15, 0.2) is 0 Å². The minimum atomic E-state index is -2.77. The van der Waals surface area contributed by atoms with Gasteiger partial charge in [-0.2, -0.15) is 0 Å². The van der Waals surface area contributed by atoms with E-state index in [4.69, 9.17) is 5.73 Å². The van der Waals surface area contributed by atoms with E-state index in [0.717, 1.165) is 0 Å². The first-order chi connectivity index (χ1) is 7.57. The van der Waals surface area contributed by atoms with Gasteiger partial charge in [-0.05, 0) is 12.3 Å². The SMILES string of the molecule is CC(CCC(=O)C(C)(C)C)C(C(N)=O)C(F)F. The molecule has 0 aliphatic rings. The molecule has 3 nitrogen and oxygen atoms in total. The average Bonchev–Trinajstić information content (AvgIpc) is 2.11. The maximum absolute atomic E-state index is 12.6. The van der Waals surface area contributed by atoms with Gasteiger partial charge in [-0.3, -0.25) is 9.59 Å². The topological polar surface area (TPSA) is 60.2 Å². The van der Waals surface area contributed by atoms with Gasteiger partial charge in [0.2, 0.25) is 12.3 Å². The van der Waals surface area contributed by atoms with Crippen LogP contribution in [0.4, 0.5) is 8.78 Å². The van der Waals surface area contributed by atoms with Crippen LogP contribution in [0.5, 0.6) is 0 Å². The summed E-state index contributed by atoms with van der Waals surface area (Å²) in [6.07, 6.45) is -2.32. The highest BCUT2D eigenvalue weighted by Gasteiger charge is 2.32. The zero-order valence-corrected chi connectivity index (χ0v) is 10.8. The Bertz CT molecular complexity index is 285. The molecule has 5 heteroatoms. The molecule has 2 atom stereocenters. The van der Waals surface area contributed by atoms with Crippen LogP contribution in [0, 0.1) is 17.3 Å². The van der Waals surface area contributed by atoms with Crippen molar-refractivity contribution in [1.82, 2.24) is 0 Å². The summed E-state index contributed by atoms with van der Waals surface area (Å²) in [4.78, 5) is 22.5. The molecule has 2 unspecified atom stereocenters. The second-order valence-electron chi connectivity index (χ2n) is 5.45. The van der Waals surface area contributed by atoms with Gasteiger partial charge >= 0.3 is 0 Å². The van der Waals surface area contributed by atoms with Gasteiger partial charge in [0.05, 0.1) is 0 Å². The van der Waals surface area contributed by atoms with Crippen LogP contribution in [0.2, 0.25) is 0 Å². The normalized spacial score (nSPS) is 15.7. The van der Waals surface area contributed by atoms with E-state index < -0.39 is 29.6 Å². The van der Waals surface area contributed by atoms with E-state index in [-0.39, 0.29) is 18.6 Å². The highest BCUT2D eigenvalue weighted by atomic mass is 19.3. The smallest absolute Gasteiger partial charge is 0.250 e. The van der Waals surface area contributed by atoms with Crippen molar-refractivity contribution in [3.05, 3.63) is 0 Å². The molecule has 0 radical (unpaired) electrons. The predicted octanol–water partition coefficient (Wildman–Crippen LogP) is 2.38. The molecule has 0 heterocycles. The van der Waals surface area contributed by atoms with Crippen molar-refractivity contribution in [2.24, 2.45) is 23.0 Å². The van der Waals surface area contributed by atoms with Crippen LogP contribution >= 0.6 is 0 Å². The van der Waals surface area contributed by atoms with Crippen molar-refractivity contribution in [2.45, 2.75) is 47.0 Å². The largest absolute Gasteiger partial charge is 0.369 e. The lowest BCUT2D eigenvalue weighted by molar-refractivity contribution is -0.131. The molecule has 0 aliphatic carbocycles. The second kappa shape index (κ2) is 6.07. The van der Waals surface area contributed by atoms with E-state index in [1.54, 1.807) is 20.8 Å². The highest BCUT2D eigenvalue weighted by molar-refractivity contribution is 5.83. The molecule has 0 bridgehead atoms. The fourth-order valence-electron chi connectivity index (χ4n) is 1.57. The summed E-state index contributed by atoms with van der Waals surface area (Å²) in [5, 5.41) is 0. The van der Waals surface area contributed by atoms with E-state index in [1.165, 1.54) is 6.92 Å². The van der Waals surface area contributed by atoms with Crippen molar-refractivity contribution in [2.75, 3.05) is 0 Å². The minimum Gasteiger partial charge on any atom is -0.369 e. The Hall–Kier alpha value is -1.00. The zero-order valence-electron chi connectivity index (χ0n) is 10.8. The average molecular weight is 249 g/mol. The Kier molecular flexibility index (Phi) is 5.72. The predicted molar refractivity (Wildman–Crippen MR) is 61.5 cm³/mol. The molecule has 0 rings (SSSR count). The van der Waals surface area contributed by atoms with Gasteiger partial charge in [0, 0.05) is 11.8 Å². The number of hydrogen-bond acceptors (Lipinski definition) is 2. The summed E-state index contributed by atoms with van der Waals surface area (Å²) >= 11 is 0. The number of nitrogens with two attached hydrogens (primary N) is 1. The van der Waals surface area contributed by atoms with E-state index in [9.17, 15) is 18.4 Å². The number of carbonyl (C=O) groups is 2. The Labute approximate surface area is 101 Å². The summed E-state index contributed by atoms with van der Waals surface area (Å²) in [6, 6.07) is 0. The fraction of sp³-hybridized carbons (Fsp3) is 0.833. The number of rotatable bonds is 6. The molecule has 17 heavy (non-hydrogen) atoms. The third-order valence-electron chi connectivity index (χ3n) is 2.88. The summed E-state index contributed by atoms with van der Waals surface area (Å²) in [5.74, 6) is -3.06. The van der Waals surface area contributed by atoms with Crippen LogP contribution in [0.1, 0.15) is 40.5 Å². The Morgan fingerprint density at radius 1 is 1.24 bits per heavy atom. The molecular formula is C12H21F2NO2. The number of amides is 1. The summed E-state index contributed by atoms with van der Waals surface area (Å²) < 4.78 is 25.1. The molecule has 2 N–H and O–H groups in total. The van der Waals surface area contributed by atoms with Crippen molar-refractivity contribution in [3.8, 4) is 0 Å². The number of ketones is 1. The molecule has 0 fully saturated rings. The molecule has 0 aromatic heterocycles. The molecule has 0 spiro atoms. The van der Waals surface area contributed by atoms with Crippen LogP contribution in [-0.2, 0) is 9.59 Å². The number of primary amides is 1. The van der Waals surface area contributed by atoms with Crippen molar-refractivity contribution < 1.29 is 18.4 Å². The Morgan fingerprint density at radius 3 is 2.00 bits per heavy atom. The first-order valence-corrected chi connectivity index (χ1v) is 5.68. The number of carbonyl (C=O) groups excluding carboxylic acids is 2. The number of Topliss-reactive ketones (excluding diaryl/α,β-unsaturated/α-hetero) is 1. The van der Waals surface area contributed by atoms with Crippen LogP contribution in [-0.4, -0.2) is 18.1 Å². The van der Waals surface area contributed by atoms with E-state index in [0.29, 0.717) is 0 Å². The van der Waals surface area contributed by atoms with Crippen LogP contribution in [0.25, 0.3) is 0 Å². The number of halogens is 2. The van der Waals surface area contributed by atoms with Crippen molar-refractivity contribution in [1.29, 1.82) is 0 Å². The van der Waals surface area contributed by atoms with E-state index >= 15 is 0 Å². The summed E-state index contributed by atoms with van der Waals surface area (Å²) in [5.41, 5.74) is 4.45. The highest BCUT2D eigenvalue weighted by Crippen LogP contribution is 2.26. The van der Waals surface area contributed by atoms with Crippen LogP contribution in [0.15, 0.2) is 0 Å². The Balaban J connectivity index is 4.39. The monoisotopic (exact) mass is 249 g/mol. The zero-order chi connectivity index (χ0) is 13.8. The second-order valence-corrected chi connectivity index (χ2v) is 5.45. The lowest BCUT2D eigenvalue weighted by atomic mass is 9.83. The summed E-state index contributed by atoms with van der Waals surface area (Å²) in [7, 11) is 0. The molecule has 0 saturated carbocycles.